The Morgan fingerprint density at radius 1 is 1.11 bits per heavy atom. The molecule has 1 aliphatic heterocycles. The molecule has 5 N–H and O–H groups in total. The third-order valence-electron chi connectivity index (χ3n) is 7.73. The normalized spacial score (nSPS) is 19.7. The van der Waals surface area contributed by atoms with Crippen LogP contribution in [0.4, 0.5) is 0 Å². The smallest absolute Gasteiger partial charge is 0.328 e. The summed E-state index contributed by atoms with van der Waals surface area (Å²) in [7, 11) is 2.79. The highest BCUT2D eigenvalue weighted by Crippen LogP contribution is 2.41. The van der Waals surface area contributed by atoms with Crippen molar-refractivity contribution in [2.45, 2.75) is 63.3 Å². The van der Waals surface area contributed by atoms with Crippen molar-refractivity contribution in [2.24, 2.45) is 17.6 Å². The molecule has 2 aromatic rings. The lowest BCUT2D eigenvalue weighted by Gasteiger charge is -2.28. The monoisotopic (exact) mass is 512 g/mol. The van der Waals surface area contributed by atoms with Gasteiger partial charge in [0.05, 0.1) is 25.7 Å². The first-order chi connectivity index (χ1) is 17.8. The topological polar surface area (TPSA) is 153 Å². The van der Waals surface area contributed by atoms with Gasteiger partial charge in [-0.15, -0.1) is 0 Å². The van der Waals surface area contributed by atoms with Crippen LogP contribution in [-0.4, -0.2) is 55.5 Å². The third kappa shape index (κ3) is 5.73. The van der Waals surface area contributed by atoms with Crippen molar-refractivity contribution in [3.05, 3.63) is 29.5 Å². The summed E-state index contributed by atoms with van der Waals surface area (Å²) in [5.41, 5.74) is 7.04. The highest BCUT2D eigenvalue weighted by molar-refractivity contribution is 6.05. The van der Waals surface area contributed by atoms with E-state index < -0.39 is 35.7 Å². The number of aromatic amines is 1. The molecule has 1 aliphatic carbocycles. The lowest BCUT2D eigenvalue weighted by molar-refractivity contribution is -0.146. The van der Waals surface area contributed by atoms with Crippen LogP contribution >= 0.6 is 0 Å². The Kier molecular flexibility index (Phi) is 8.35. The van der Waals surface area contributed by atoms with Gasteiger partial charge in [0.25, 0.3) is 5.91 Å². The summed E-state index contributed by atoms with van der Waals surface area (Å²) in [5.74, 6) is -2.20. The number of ether oxygens (including phenoxy) is 2. The molecule has 1 aromatic heterocycles. The first-order valence-electron chi connectivity index (χ1n) is 13.0. The first kappa shape index (κ1) is 26.5. The van der Waals surface area contributed by atoms with E-state index in [-0.39, 0.29) is 23.9 Å². The van der Waals surface area contributed by atoms with Gasteiger partial charge in [-0.25, -0.2) is 4.79 Å². The number of carbonyl (C=O) groups is 4. The minimum atomic E-state index is -0.996. The average molecular weight is 513 g/mol. The molecular weight excluding hydrogens is 476 g/mol. The molecular formula is C27H36N4O6. The number of methoxy groups -OCH3 is 2. The van der Waals surface area contributed by atoms with Crippen LogP contribution in [0.2, 0.25) is 0 Å². The summed E-state index contributed by atoms with van der Waals surface area (Å²) in [4.78, 5) is 54.5. The van der Waals surface area contributed by atoms with Gasteiger partial charge in [-0.1, -0.05) is 38.2 Å². The van der Waals surface area contributed by atoms with Crippen LogP contribution in [0.15, 0.2) is 18.2 Å². The van der Waals surface area contributed by atoms with Crippen molar-refractivity contribution in [3.63, 3.8) is 0 Å². The predicted octanol–water partition coefficient (Wildman–Crippen LogP) is 2.51. The molecule has 200 valence electrons. The van der Waals surface area contributed by atoms with Crippen molar-refractivity contribution in [3.8, 4) is 5.75 Å². The van der Waals surface area contributed by atoms with Gasteiger partial charge in [0.15, 0.2) is 0 Å². The predicted molar refractivity (Wildman–Crippen MR) is 137 cm³/mol. The van der Waals surface area contributed by atoms with Crippen molar-refractivity contribution in [2.75, 3.05) is 20.8 Å². The molecule has 1 saturated heterocycles. The maximum atomic E-state index is 14.0. The van der Waals surface area contributed by atoms with Crippen LogP contribution in [0, 0.1) is 11.8 Å². The third-order valence-corrected chi connectivity index (χ3v) is 7.73. The molecule has 2 aliphatic rings. The summed E-state index contributed by atoms with van der Waals surface area (Å²) < 4.78 is 10.6. The lowest BCUT2D eigenvalue weighted by atomic mass is 9.79. The van der Waals surface area contributed by atoms with Gasteiger partial charge < -0.3 is 30.8 Å². The van der Waals surface area contributed by atoms with Crippen LogP contribution < -0.4 is 21.1 Å². The number of nitrogens with one attached hydrogen (secondary N) is 3. The zero-order valence-corrected chi connectivity index (χ0v) is 21.4. The molecule has 3 atom stereocenters. The number of aromatic nitrogens is 1. The van der Waals surface area contributed by atoms with Crippen LogP contribution in [0.5, 0.6) is 5.75 Å². The molecule has 4 rings (SSSR count). The Labute approximate surface area is 216 Å². The fraction of sp³-hybridized carbons (Fsp3) is 0.556. The Bertz CT molecular complexity index is 1170. The van der Waals surface area contributed by atoms with Gasteiger partial charge in [0, 0.05) is 23.4 Å². The number of rotatable bonds is 10. The van der Waals surface area contributed by atoms with E-state index in [0.29, 0.717) is 41.6 Å². The standard InChI is InChI=1S/C27H36N4O6/c1-36-20-10-6-9-18-22(20)21(23(30-18)24(28)32)17(13-15-7-4-3-5-8-15)26(34)31-19(27(35)37-2)14-16-11-12-29-25(16)33/h6,9-10,15-17,19,30H,3-5,7-8,11-14H2,1-2H3,(H2,28,32)(H,29,33)(H,31,34)/t16-,17-,19-/m0/s1. The van der Waals surface area contributed by atoms with E-state index >= 15 is 0 Å². The molecule has 1 saturated carbocycles. The molecule has 10 nitrogen and oxygen atoms in total. The fourth-order valence-electron chi connectivity index (χ4n) is 5.85. The molecule has 0 unspecified atom stereocenters. The number of hydrogen-bond donors (Lipinski definition) is 4. The van der Waals surface area contributed by atoms with Crippen LogP contribution in [0.3, 0.4) is 0 Å². The van der Waals surface area contributed by atoms with Gasteiger partial charge >= 0.3 is 5.97 Å². The van der Waals surface area contributed by atoms with E-state index in [0.717, 1.165) is 32.1 Å². The zero-order chi connectivity index (χ0) is 26.5. The Morgan fingerprint density at radius 3 is 2.49 bits per heavy atom. The maximum Gasteiger partial charge on any atom is 0.328 e. The molecule has 2 fully saturated rings. The number of hydrogen-bond acceptors (Lipinski definition) is 6. The van der Waals surface area contributed by atoms with E-state index in [1.165, 1.54) is 14.2 Å². The van der Waals surface area contributed by atoms with Crippen LogP contribution in [0.25, 0.3) is 10.9 Å². The Morgan fingerprint density at radius 2 is 1.86 bits per heavy atom. The highest BCUT2D eigenvalue weighted by Gasteiger charge is 2.37. The van der Waals surface area contributed by atoms with E-state index in [1.54, 1.807) is 18.2 Å². The van der Waals surface area contributed by atoms with E-state index in [9.17, 15) is 19.2 Å². The van der Waals surface area contributed by atoms with Gasteiger partial charge in [0.1, 0.15) is 17.5 Å². The fourth-order valence-corrected chi connectivity index (χ4v) is 5.85. The lowest BCUT2D eigenvalue weighted by Crippen LogP contribution is -2.45. The number of nitrogens with two attached hydrogens (primary N) is 1. The second-order valence-electron chi connectivity index (χ2n) is 10.0. The van der Waals surface area contributed by atoms with E-state index in [1.807, 2.05) is 0 Å². The van der Waals surface area contributed by atoms with Crippen LogP contribution in [-0.2, 0) is 19.1 Å². The quantitative estimate of drug-likeness (QED) is 0.359. The summed E-state index contributed by atoms with van der Waals surface area (Å²) >= 11 is 0. The second kappa shape index (κ2) is 11.7. The Balaban J connectivity index is 1.74. The van der Waals surface area contributed by atoms with Crippen molar-refractivity contribution in [1.82, 2.24) is 15.6 Å². The summed E-state index contributed by atoms with van der Waals surface area (Å²) in [6.07, 6.45) is 6.51. The first-order valence-corrected chi connectivity index (χ1v) is 13.0. The molecule has 0 spiro atoms. The average Bonchev–Trinajstić information content (AvgIpc) is 3.50. The molecule has 37 heavy (non-hydrogen) atoms. The number of amides is 3. The number of benzene rings is 1. The van der Waals surface area contributed by atoms with Crippen molar-refractivity contribution >= 4 is 34.6 Å². The number of carbonyl (C=O) groups excluding carboxylic acids is 4. The minimum Gasteiger partial charge on any atom is -0.496 e. The van der Waals surface area contributed by atoms with E-state index in [4.69, 9.17) is 15.2 Å². The zero-order valence-electron chi connectivity index (χ0n) is 21.4. The number of H-pyrrole nitrogens is 1. The summed E-state index contributed by atoms with van der Waals surface area (Å²) in [6.45, 7) is 0.534. The van der Waals surface area contributed by atoms with E-state index in [2.05, 4.69) is 15.6 Å². The minimum absolute atomic E-state index is 0.139. The van der Waals surface area contributed by atoms with Gasteiger partial charge in [-0.2, -0.15) is 0 Å². The molecule has 1 aromatic carbocycles. The molecule has 0 bridgehead atoms. The molecule has 3 amide bonds. The Hall–Kier alpha value is -3.56. The SMILES string of the molecule is COC(=O)[C@H](C[C@@H]1CCNC1=O)NC(=O)[C@@H](CC1CCCCC1)c1c(C(N)=O)[nH]c2cccc(OC)c12. The largest absolute Gasteiger partial charge is 0.496 e. The number of primary amides is 1. The summed E-state index contributed by atoms with van der Waals surface area (Å²) in [6, 6.07) is 4.38. The van der Waals surface area contributed by atoms with Gasteiger partial charge in [0.2, 0.25) is 11.8 Å². The molecule has 2 heterocycles. The van der Waals surface area contributed by atoms with Gasteiger partial charge in [-0.3, -0.25) is 14.4 Å². The van der Waals surface area contributed by atoms with Crippen molar-refractivity contribution < 1.29 is 28.7 Å². The summed E-state index contributed by atoms with van der Waals surface area (Å²) in [5, 5.41) is 6.25. The molecule has 10 heteroatoms. The second-order valence-corrected chi connectivity index (χ2v) is 10.0. The van der Waals surface area contributed by atoms with Gasteiger partial charge in [-0.05, 0) is 37.3 Å². The van der Waals surface area contributed by atoms with Crippen LogP contribution in [0.1, 0.15) is 73.3 Å². The maximum absolute atomic E-state index is 14.0. The number of esters is 1. The van der Waals surface area contributed by atoms with Crippen molar-refractivity contribution in [1.29, 1.82) is 0 Å². The highest BCUT2D eigenvalue weighted by atomic mass is 16.5. The number of fused-ring (bicyclic) bond motifs is 1. The molecule has 0 radical (unpaired) electrons.